The minimum atomic E-state index is -0.172. The average Bonchev–Trinajstić information content (AvgIpc) is 3.21. The minimum Gasteiger partial charge on any atom is -0.377 e. The van der Waals surface area contributed by atoms with E-state index in [1.807, 2.05) is 4.90 Å². The number of carbonyl (C=O) groups excluding carboxylic acids is 1. The van der Waals surface area contributed by atoms with Gasteiger partial charge in [0.1, 0.15) is 5.82 Å². The van der Waals surface area contributed by atoms with Gasteiger partial charge in [-0.15, -0.1) is 0 Å². The normalized spacial score (nSPS) is 21.8. The van der Waals surface area contributed by atoms with Crippen LogP contribution in [0, 0.1) is 0 Å². The number of carbonyl (C=O) groups is 1. The fourth-order valence-electron chi connectivity index (χ4n) is 4.87. The van der Waals surface area contributed by atoms with E-state index in [4.69, 9.17) is 20.4 Å². The Morgan fingerprint density at radius 1 is 1.25 bits per heavy atom. The molecule has 5 rings (SSSR count). The Labute approximate surface area is 187 Å². The molecule has 170 valence electrons. The maximum Gasteiger partial charge on any atom is 0.317 e. The second kappa shape index (κ2) is 7.73. The van der Waals surface area contributed by atoms with Crippen LogP contribution in [0.1, 0.15) is 19.4 Å². The first-order valence-electron chi connectivity index (χ1n) is 11.0. The van der Waals surface area contributed by atoms with E-state index in [0.717, 1.165) is 42.1 Å². The quantitative estimate of drug-likeness (QED) is 0.704. The minimum absolute atomic E-state index is 0.0490. The fraction of sp³-hybridized carbons (Fsp3) is 0.571. The molecule has 0 saturated carbocycles. The summed E-state index contributed by atoms with van der Waals surface area (Å²) in [6.07, 6.45) is 4.26. The molecule has 11 nitrogen and oxygen atoms in total. The number of aromatic nitrogens is 4. The van der Waals surface area contributed by atoms with Gasteiger partial charge in [-0.05, 0) is 20.3 Å². The van der Waals surface area contributed by atoms with Crippen molar-refractivity contribution in [1.29, 1.82) is 0 Å². The lowest BCUT2D eigenvalue weighted by Gasteiger charge is -2.53. The number of anilines is 3. The van der Waals surface area contributed by atoms with Gasteiger partial charge < -0.3 is 30.5 Å². The van der Waals surface area contributed by atoms with E-state index in [2.05, 4.69) is 38.9 Å². The van der Waals surface area contributed by atoms with E-state index < -0.39 is 0 Å². The maximum absolute atomic E-state index is 12.0. The molecule has 2 saturated heterocycles. The van der Waals surface area contributed by atoms with E-state index in [-0.39, 0.29) is 23.6 Å². The van der Waals surface area contributed by atoms with E-state index in [9.17, 15) is 4.79 Å². The zero-order valence-corrected chi connectivity index (χ0v) is 18.7. The molecule has 2 amide bonds. The van der Waals surface area contributed by atoms with Crippen molar-refractivity contribution in [3.8, 4) is 11.3 Å². The van der Waals surface area contributed by atoms with Gasteiger partial charge in [0.2, 0.25) is 11.9 Å². The highest BCUT2D eigenvalue weighted by atomic mass is 16.5. The number of hydrogen-bond acceptors (Lipinski definition) is 9. The average molecular weight is 440 g/mol. The number of urea groups is 1. The van der Waals surface area contributed by atoms with E-state index in [1.165, 1.54) is 0 Å². The summed E-state index contributed by atoms with van der Waals surface area (Å²) in [7, 11) is 1.66. The number of nitrogens with zero attached hydrogens (tertiary/aromatic N) is 7. The predicted octanol–water partition coefficient (Wildman–Crippen LogP) is 0.517. The zero-order valence-electron chi connectivity index (χ0n) is 18.7. The van der Waals surface area contributed by atoms with Crippen molar-refractivity contribution in [2.45, 2.75) is 31.8 Å². The van der Waals surface area contributed by atoms with Crippen LogP contribution in [0.15, 0.2) is 12.4 Å². The molecule has 3 N–H and O–H groups in total. The van der Waals surface area contributed by atoms with Gasteiger partial charge >= 0.3 is 6.03 Å². The van der Waals surface area contributed by atoms with Crippen LogP contribution in [-0.4, -0.2) is 88.9 Å². The highest BCUT2D eigenvalue weighted by Gasteiger charge is 2.48. The third-order valence-electron chi connectivity index (χ3n) is 6.60. The molecule has 11 heteroatoms. The number of morpholine rings is 1. The molecular weight excluding hydrogens is 410 g/mol. The molecule has 1 atom stereocenters. The number of fused-ring (bicyclic) bond motifs is 1. The lowest BCUT2D eigenvalue weighted by Crippen LogP contribution is -2.70. The number of nitrogens with one attached hydrogen (secondary N) is 1. The molecule has 5 heterocycles. The van der Waals surface area contributed by atoms with Gasteiger partial charge in [0.15, 0.2) is 0 Å². The van der Waals surface area contributed by atoms with Crippen LogP contribution in [0.25, 0.3) is 11.3 Å². The molecule has 2 fully saturated rings. The second-order valence-electron chi connectivity index (χ2n) is 8.93. The molecule has 0 spiro atoms. The summed E-state index contributed by atoms with van der Waals surface area (Å²) < 4.78 is 5.62. The molecule has 3 aliphatic heterocycles. The zero-order chi connectivity index (χ0) is 22.5. The van der Waals surface area contributed by atoms with Gasteiger partial charge in [0, 0.05) is 56.7 Å². The summed E-state index contributed by atoms with van der Waals surface area (Å²) in [6.45, 7) is 8.46. The van der Waals surface area contributed by atoms with Crippen molar-refractivity contribution in [3.05, 3.63) is 18.0 Å². The first-order valence-corrected chi connectivity index (χ1v) is 11.0. The Balaban J connectivity index is 1.56. The Morgan fingerprint density at radius 3 is 2.69 bits per heavy atom. The van der Waals surface area contributed by atoms with Gasteiger partial charge in [-0.2, -0.15) is 4.98 Å². The summed E-state index contributed by atoms with van der Waals surface area (Å²) in [5.41, 5.74) is 8.30. The predicted molar refractivity (Wildman–Crippen MR) is 121 cm³/mol. The van der Waals surface area contributed by atoms with Crippen molar-refractivity contribution in [1.82, 2.24) is 30.2 Å². The highest BCUT2D eigenvalue weighted by molar-refractivity contribution is 5.77. The Kier molecular flexibility index (Phi) is 5.00. The Bertz CT molecular complexity index is 1020. The fourth-order valence-corrected chi connectivity index (χ4v) is 4.87. The van der Waals surface area contributed by atoms with Gasteiger partial charge in [-0.3, -0.25) is 0 Å². The van der Waals surface area contributed by atoms with Crippen LogP contribution in [0.5, 0.6) is 0 Å². The smallest absolute Gasteiger partial charge is 0.317 e. The van der Waals surface area contributed by atoms with Crippen molar-refractivity contribution < 1.29 is 9.53 Å². The van der Waals surface area contributed by atoms with Crippen LogP contribution < -0.4 is 20.9 Å². The van der Waals surface area contributed by atoms with Crippen LogP contribution in [0.4, 0.5) is 22.5 Å². The lowest BCUT2D eigenvalue weighted by atomic mass is 9.90. The van der Waals surface area contributed by atoms with E-state index in [0.29, 0.717) is 32.3 Å². The molecular formula is C21H29N9O2. The Hall–Kier alpha value is -3.21. The molecule has 0 aromatic carbocycles. The number of rotatable bonds is 3. The highest BCUT2D eigenvalue weighted by Crippen LogP contribution is 2.41. The molecule has 3 aliphatic rings. The number of nitrogens with two attached hydrogens (primary N) is 1. The second-order valence-corrected chi connectivity index (χ2v) is 8.93. The maximum atomic E-state index is 12.0. The number of ether oxygens (including phenoxy) is 1. The number of hydrogen-bond donors (Lipinski definition) is 2. The third-order valence-corrected chi connectivity index (χ3v) is 6.60. The van der Waals surface area contributed by atoms with Gasteiger partial charge in [-0.25, -0.2) is 19.7 Å². The van der Waals surface area contributed by atoms with Gasteiger partial charge in [0.05, 0.1) is 30.5 Å². The molecule has 2 aromatic rings. The van der Waals surface area contributed by atoms with Crippen LogP contribution in [0.3, 0.4) is 0 Å². The summed E-state index contributed by atoms with van der Waals surface area (Å²) in [6, 6.07) is 0.127. The van der Waals surface area contributed by atoms with E-state index in [1.54, 1.807) is 19.4 Å². The number of nitrogen functional groups attached to an aromatic ring is 1. The Morgan fingerprint density at radius 2 is 2.00 bits per heavy atom. The van der Waals surface area contributed by atoms with Crippen molar-refractivity contribution >= 4 is 23.7 Å². The molecule has 32 heavy (non-hydrogen) atoms. The standard InChI is InChI=1S/C21H29N9O2/c1-13-10-32-7-6-29(13)19-26-16(14-8-24-18(22)25-9-14)15-4-5-30(17(15)27-19)21(2)11-28(12-21)20(31)23-3/h8-9,13H,4-7,10-12H2,1-3H3,(H,23,31)(H2,22,24,25)/t13-/m0/s1. The van der Waals surface area contributed by atoms with Crippen LogP contribution in [0.2, 0.25) is 0 Å². The summed E-state index contributed by atoms with van der Waals surface area (Å²) in [4.78, 5) is 36.8. The lowest BCUT2D eigenvalue weighted by molar-refractivity contribution is 0.0979. The monoisotopic (exact) mass is 439 g/mol. The van der Waals surface area contributed by atoms with Crippen LogP contribution in [-0.2, 0) is 11.2 Å². The molecule has 2 aromatic heterocycles. The molecule has 0 bridgehead atoms. The number of amides is 2. The number of likely N-dealkylation sites (tertiary alicyclic amines) is 1. The summed E-state index contributed by atoms with van der Waals surface area (Å²) >= 11 is 0. The van der Waals surface area contributed by atoms with Gasteiger partial charge in [0.25, 0.3) is 0 Å². The largest absolute Gasteiger partial charge is 0.377 e. The third kappa shape index (κ3) is 3.36. The summed E-state index contributed by atoms with van der Waals surface area (Å²) in [5, 5.41) is 2.71. The van der Waals surface area contributed by atoms with Gasteiger partial charge in [-0.1, -0.05) is 0 Å². The van der Waals surface area contributed by atoms with E-state index >= 15 is 0 Å². The summed E-state index contributed by atoms with van der Waals surface area (Å²) in [5.74, 6) is 1.85. The van der Waals surface area contributed by atoms with Crippen molar-refractivity contribution in [2.24, 2.45) is 0 Å². The molecule has 0 aliphatic carbocycles. The molecule has 0 radical (unpaired) electrons. The van der Waals surface area contributed by atoms with Crippen LogP contribution >= 0.6 is 0 Å². The first kappa shape index (κ1) is 20.7. The van der Waals surface area contributed by atoms with Crippen molar-refractivity contribution in [3.63, 3.8) is 0 Å². The van der Waals surface area contributed by atoms with Crippen molar-refractivity contribution in [2.75, 3.05) is 62.0 Å². The topological polar surface area (TPSA) is 126 Å². The first-order chi connectivity index (χ1) is 15.4. The molecule has 0 unspecified atom stereocenters. The SMILES string of the molecule is CNC(=O)N1CC(C)(N2CCc3c(-c4cnc(N)nc4)nc(N4CCOC[C@@H]4C)nc32)C1.